The fourth-order valence-corrected chi connectivity index (χ4v) is 3.36. The average molecular weight is 379 g/mol. The lowest BCUT2D eigenvalue weighted by molar-refractivity contribution is 0.0933. The van der Waals surface area contributed by atoms with Crippen LogP contribution in [0.3, 0.4) is 0 Å². The van der Waals surface area contributed by atoms with E-state index in [9.17, 15) is 9.59 Å². The number of carbonyl (C=O) groups is 1. The van der Waals surface area contributed by atoms with Gasteiger partial charge in [0, 0.05) is 18.5 Å². The largest absolute Gasteiger partial charge is 0.493 e. The first kappa shape index (κ1) is 17.9. The number of aromatic nitrogens is 2. The number of aromatic amines is 1. The smallest absolute Gasteiger partial charge is 0.271 e. The van der Waals surface area contributed by atoms with Crippen LogP contribution in [0.4, 0.5) is 0 Å². The van der Waals surface area contributed by atoms with E-state index in [4.69, 9.17) is 9.47 Å². The van der Waals surface area contributed by atoms with Gasteiger partial charge in [0.05, 0.1) is 19.4 Å². The molecular formula is C21H21N3O4. The van der Waals surface area contributed by atoms with Crippen LogP contribution in [-0.2, 0) is 6.42 Å². The fraction of sp³-hybridized carbons (Fsp3) is 0.238. The Kier molecular flexibility index (Phi) is 4.89. The third-order valence-corrected chi connectivity index (χ3v) is 4.78. The maximum Gasteiger partial charge on any atom is 0.271 e. The number of benzene rings is 2. The normalized spacial score (nSPS) is 15.4. The predicted octanol–water partition coefficient (Wildman–Crippen LogP) is 2.16. The Morgan fingerprint density at radius 1 is 1.25 bits per heavy atom. The minimum atomic E-state index is -0.316. The molecule has 0 aliphatic carbocycles. The van der Waals surface area contributed by atoms with Crippen molar-refractivity contribution in [2.75, 3.05) is 20.3 Å². The molecule has 144 valence electrons. The molecule has 0 bridgehead atoms. The van der Waals surface area contributed by atoms with Crippen molar-refractivity contribution in [3.8, 4) is 17.2 Å². The summed E-state index contributed by atoms with van der Waals surface area (Å²) < 4.78 is 12.5. The molecule has 2 aromatic carbocycles. The highest BCUT2D eigenvalue weighted by Crippen LogP contribution is 2.35. The van der Waals surface area contributed by atoms with Crippen LogP contribution in [0.25, 0.3) is 5.69 Å². The van der Waals surface area contributed by atoms with E-state index in [2.05, 4.69) is 10.4 Å². The number of methoxy groups -OCH3 is 1. The second-order valence-corrected chi connectivity index (χ2v) is 6.72. The van der Waals surface area contributed by atoms with Gasteiger partial charge in [0.2, 0.25) is 0 Å². The second kappa shape index (κ2) is 7.64. The second-order valence-electron chi connectivity index (χ2n) is 6.72. The summed E-state index contributed by atoms with van der Waals surface area (Å²) in [6.07, 6.45) is 0.786. The summed E-state index contributed by atoms with van der Waals surface area (Å²) >= 11 is 0. The van der Waals surface area contributed by atoms with Crippen molar-refractivity contribution < 1.29 is 14.3 Å². The Hall–Kier alpha value is -3.48. The number of nitrogens with one attached hydrogen (secondary N) is 2. The molecule has 1 amide bonds. The first-order valence-electron chi connectivity index (χ1n) is 9.10. The van der Waals surface area contributed by atoms with Crippen molar-refractivity contribution in [2.45, 2.75) is 6.42 Å². The molecule has 2 heterocycles. The quantitative estimate of drug-likeness (QED) is 0.711. The summed E-state index contributed by atoms with van der Waals surface area (Å²) in [6, 6.07) is 16.2. The van der Waals surface area contributed by atoms with Crippen LogP contribution in [0.2, 0.25) is 0 Å². The number of para-hydroxylation sites is 2. The molecule has 0 radical (unpaired) electrons. The lowest BCUT2D eigenvalue weighted by Crippen LogP contribution is -2.35. The number of fused-ring (bicyclic) bond motifs is 1. The Bertz CT molecular complexity index is 1040. The Morgan fingerprint density at radius 2 is 2.07 bits per heavy atom. The van der Waals surface area contributed by atoms with E-state index in [1.165, 1.54) is 10.7 Å². The number of nitrogens with zero attached hydrogens (tertiary/aromatic N) is 1. The number of rotatable bonds is 5. The minimum Gasteiger partial charge on any atom is -0.493 e. The van der Waals surface area contributed by atoms with Crippen LogP contribution >= 0.6 is 0 Å². The molecule has 0 saturated heterocycles. The van der Waals surface area contributed by atoms with Crippen LogP contribution in [0.5, 0.6) is 11.5 Å². The highest BCUT2D eigenvalue weighted by atomic mass is 16.5. The Morgan fingerprint density at radius 3 is 2.86 bits per heavy atom. The van der Waals surface area contributed by atoms with E-state index in [0.29, 0.717) is 18.8 Å². The number of H-pyrrole nitrogens is 1. The molecule has 2 N–H and O–H groups in total. The topological polar surface area (TPSA) is 85.3 Å². The van der Waals surface area contributed by atoms with E-state index < -0.39 is 0 Å². The molecule has 3 aromatic rings. The van der Waals surface area contributed by atoms with Crippen molar-refractivity contribution in [3.05, 3.63) is 76.2 Å². The van der Waals surface area contributed by atoms with Gasteiger partial charge in [-0.2, -0.15) is 0 Å². The highest BCUT2D eigenvalue weighted by Gasteiger charge is 2.23. The van der Waals surface area contributed by atoms with Gasteiger partial charge in [-0.1, -0.05) is 30.3 Å². The van der Waals surface area contributed by atoms with Gasteiger partial charge >= 0.3 is 0 Å². The molecule has 0 unspecified atom stereocenters. The first-order chi connectivity index (χ1) is 13.7. The zero-order chi connectivity index (χ0) is 19.5. The van der Waals surface area contributed by atoms with Gasteiger partial charge in [0.25, 0.3) is 11.5 Å². The Balaban J connectivity index is 1.41. The summed E-state index contributed by atoms with van der Waals surface area (Å²) in [4.78, 5) is 24.6. The molecule has 0 saturated carbocycles. The van der Waals surface area contributed by atoms with Gasteiger partial charge in [-0.15, -0.1) is 0 Å². The lowest BCUT2D eigenvalue weighted by Gasteiger charge is -2.26. The molecule has 1 aromatic heterocycles. The lowest BCUT2D eigenvalue weighted by atomic mass is 9.96. The van der Waals surface area contributed by atoms with Crippen LogP contribution in [0.15, 0.2) is 59.4 Å². The summed E-state index contributed by atoms with van der Waals surface area (Å²) in [7, 11) is 1.62. The SMILES string of the molecule is COc1cccc2c1OC[C@H](CNC(=O)c1cc(=O)n(-c3ccccc3)[nH]1)C2. The van der Waals surface area contributed by atoms with E-state index in [1.807, 2.05) is 36.4 Å². The highest BCUT2D eigenvalue weighted by molar-refractivity contribution is 5.92. The monoisotopic (exact) mass is 379 g/mol. The predicted molar refractivity (Wildman–Crippen MR) is 104 cm³/mol. The molecule has 28 heavy (non-hydrogen) atoms. The van der Waals surface area contributed by atoms with Gasteiger partial charge in [-0.05, 0) is 30.2 Å². The number of hydrogen-bond donors (Lipinski definition) is 2. The number of ether oxygens (including phenoxy) is 2. The number of amides is 1. The zero-order valence-electron chi connectivity index (χ0n) is 15.5. The van der Waals surface area contributed by atoms with Crippen molar-refractivity contribution in [1.29, 1.82) is 0 Å². The summed E-state index contributed by atoms with van der Waals surface area (Å²) in [5.74, 6) is 1.33. The van der Waals surface area contributed by atoms with Crippen molar-refractivity contribution in [2.24, 2.45) is 5.92 Å². The zero-order valence-corrected chi connectivity index (χ0v) is 15.5. The van der Waals surface area contributed by atoms with Gasteiger partial charge in [0.1, 0.15) is 5.69 Å². The van der Waals surface area contributed by atoms with Crippen LogP contribution < -0.4 is 20.3 Å². The first-order valence-corrected chi connectivity index (χ1v) is 9.10. The van der Waals surface area contributed by atoms with E-state index in [0.717, 1.165) is 23.5 Å². The molecule has 0 fully saturated rings. The van der Waals surface area contributed by atoms with E-state index in [1.54, 1.807) is 19.2 Å². The summed E-state index contributed by atoms with van der Waals surface area (Å²) in [5.41, 5.74) is 1.69. The Labute approximate surface area is 161 Å². The summed E-state index contributed by atoms with van der Waals surface area (Å²) in [5, 5.41) is 5.75. The maximum atomic E-state index is 12.5. The molecular weight excluding hydrogens is 358 g/mol. The molecule has 4 rings (SSSR count). The van der Waals surface area contributed by atoms with E-state index in [-0.39, 0.29) is 23.1 Å². The molecule has 1 atom stereocenters. The minimum absolute atomic E-state index is 0.145. The third kappa shape index (κ3) is 3.51. The van der Waals surface area contributed by atoms with Gasteiger partial charge < -0.3 is 14.8 Å². The third-order valence-electron chi connectivity index (χ3n) is 4.78. The van der Waals surface area contributed by atoms with Crippen molar-refractivity contribution in [3.63, 3.8) is 0 Å². The van der Waals surface area contributed by atoms with E-state index >= 15 is 0 Å². The van der Waals surface area contributed by atoms with Gasteiger partial charge in [0.15, 0.2) is 11.5 Å². The molecule has 1 aliphatic rings. The molecule has 1 aliphatic heterocycles. The summed E-state index contributed by atoms with van der Waals surface area (Å²) in [6.45, 7) is 0.948. The average Bonchev–Trinajstić information content (AvgIpc) is 3.13. The van der Waals surface area contributed by atoms with Gasteiger partial charge in [-0.25, -0.2) is 4.68 Å². The maximum absolute atomic E-state index is 12.5. The fourth-order valence-electron chi connectivity index (χ4n) is 3.36. The number of carbonyl (C=O) groups excluding carboxylic acids is 1. The van der Waals surface area contributed by atoms with Crippen molar-refractivity contribution in [1.82, 2.24) is 15.1 Å². The van der Waals surface area contributed by atoms with Crippen molar-refractivity contribution >= 4 is 5.91 Å². The van der Waals surface area contributed by atoms with Gasteiger partial charge in [-0.3, -0.25) is 14.7 Å². The van der Waals surface area contributed by atoms with Crippen LogP contribution in [0, 0.1) is 5.92 Å². The van der Waals surface area contributed by atoms with Crippen LogP contribution in [-0.4, -0.2) is 35.9 Å². The van der Waals surface area contributed by atoms with Crippen LogP contribution in [0.1, 0.15) is 16.1 Å². The molecule has 7 nitrogen and oxygen atoms in total. The molecule has 0 spiro atoms. The number of hydrogen-bond acceptors (Lipinski definition) is 4. The molecule has 7 heteroatoms. The standard InChI is InChI=1S/C21H21N3O4/c1-27-18-9-5-6-15-10-14(13-28-20(15)18)12-22-21(26)17-11-19(25)24(23-17)16-7-3-2-4-8-16/h2-9,11,14,23H,10,12-13H2,1H3,(H,22,26)/t14-/m0/s1.